The predicted molar refractivity (Wildman–Crippen MR) is 128 cm³/mol. The van der Waals surface area contributed by atoms with Gasteiger partial charge in [0.15, 0.2) is 11.6 Å². The molecule has 6 rings (SSSR count). The molecule has 37 heavy (non-hydrogen) atoms. The van der Waals surface area contributed by atoms with Gasteiger partial charge in [0.1, 0.15) is 0 Å². The van der Waals surface area contributed by atoms with Gasteiger partial charge in [-0.3, -0.25) is 9.78 Å². The first kappa shape index (κ1) is 23.3. The first-order chi connectivity index (χ1) is 17.7. The minimum Gasteiger partial charge on any atom is -0.505 e. The number of β-lactam (4-membered cyclic amide) rings is 1. The van der Waals surface area contributed by atoms with Gasteiger partial charge in [-0.25, -0.2) is 9.37 Å². The Hall–Kier alpha value is -4.15. The molecule has 4 aromatic rings. The predicted octanol–water partition coefficient (Wildman–Crippen LogP) is 5.20. The molecule has 2 aromatic carbocycles. The van der Waals surface area contributed by atoms with Gasteiger partial charge in [-0.2, -0.15) is 13.2 Å². The highest BCUT2D eigenvalue weighted by atomic mass is 19.4. The summed E-state index contributed by atoms with van der Waals surface area (Å²) in [6.45, 7) is 0.896. The maximum Gasteiger partial charge on any atom is 0.416 e. The Morgan fingerprint density at radius 3 is 2.51 bits per heavy atom. The van der Waals surface area contributed by atoms with Crippen LogP contribution in [0.3, 0.4) is 0 Å². The van der Waals surface area contributed by atoms with Crippen LogP contribution >= 0.6 is 0 Å². The van der Waals surface area contributed by atoms with Crippen molar-refractivity contribution < 1.29 is 27.5 Å². The number of alkyl halides is 3. The number of nitrogens with one attached hydrogen (secondary N) is 1. The zero-order valence-electron chi connectivity index (χ0n) is 19.3. The molecule has 1 unspecified atom stereocenters. The number of piperidine rings is 1. The van der Waals surface area contributed by atoms with E-state index >= 15 is 0 Å². The number of carbonyl (C=O) groups is 1. The first-order valence-electron chi connectivity index (χ1n) is 11.7. The monoisotopic (exact) mass is 511 g/mol. The second-order valence-electron chi connectivity index (χ2n) is 9.40. The smallest absolute Gasteiger partial charge is 0.416 e. The highest BCUT2D eigenvalue weighted by Crippen LogP contribution is 2.57. The third kappa shape index (κ3) is 3.68. The van der Waals surface area contributed by atoms with Crippen molar-refractivity contribution in [1.29, 1.82) is 0 Å². The number of imidazole rings is 1. The lowest BCUT2D eigenvalue weighted by atomic mass is 9.63. The maximum atomic E-state index is 13.7. The molecule has 2 aromatic heterocycles. The number of halogens is 4. The van der Waals surface area contributed by atoms with Crippen LogP contribution in [-0.2, 0) is 11.0 Å². The van der Waals surface area contributed by atoms with Crippen LogP contribution in [0.1, 0.15) is 30.1 Å². The number of carbonyl (C=O) groups excluding carboxylic acids is 1. The Morgan fingerprint density at radius 1 is 1.05 bits per heavy atom. The lowest BCUT2D eigenvalue weighted by molar-refractivity contribution is -0.142. The first-order valence-corrected chi connectivity index (χ1v) is 11.7. The van der Waals surface area contributed by atoms with E-state index < -0.39 is 34.8 Å². The van der Waals surface area contributed by atoms with Gasteiger partial charge in [-0.1, -0.05) is 6.07 Å². The van der Waals surface area contributed by atoms with E-state index in [0.29, 0.717) is 54.3 Å². The molecule has 1 spiro atoms. The Morgan fingerprint density at radius 2 is 1.84 bits per heavy atom. The lowest BCUT2D eigenvalue weighted by Gasteiger charge is -2.58. The summed E-state index contributed by atoms with van der Waals surface area (Å²) in [6.07, 6.45) is -1.89. The number of pyridine rings is 1. The van der Waals surface area contributed by atoms with Crippen LogP contribution in [0.5, 0.6) is 5.75 Å². The van der Waals surface area contributed by atoms with Gasteiger partial charge in [0.2, 0.25) is 11.9 Å². The number of nitrogens with zero attached hydrogens (tertiary/aromatic N) is 4. The van der Waals surface area contributed by atoms with Crippen LogP contribution in [0.2, 0.25) is 0 Å². The highest BCUT2D eigenvalue weighted by molar-refractivity contribution is 6.06. The van der Waals surface area contributed by atoms with Crippen LogP contribution in [0.4, 0.5) is 29.2 Å². The molecule has 2 N–H and O–H groups in total. The van der Waals surface area contributed by atoms with Crippen molar-refractivity contribution in [2.24, 2.45) is 5.41 Å². The summed E-state index contributed by atoms with van der Waals surface area (Å²) < 4.78 is 53.0. The van der Waals surface area contributed by atoms with Gasteiger partial charge in [-0.15, -0.1) is 0 Å². The van der Waals surface area contributed by atoms with E-state index in [0.717, 1.165) is 18.2 Å². The van der Waals surface area contributed by atoms with E-state index in [9.17, 15) is 27.5 Å². The molecule has 2 fully saturated rings. The molecule has 0 aliphatic carbocycles. The van der Waals surface area contributed by atoms with E-state index in [1.54, 1.807) is 12.3 Å². The Labute approximate surface area is 208 Å². The summed E-state index contributed by atoms with van der Waals surface area (Å²) in [5.41, 5.74) is 0.269. The highest BCUT2D eigenvalue weighted by Gasteiger charge is 2.62. The summed E-state index contributed by atoms with van der Waals surface area (Å²) >= 11 is 0. The summed E-state index contributed by atoms with van der Waals surface area (Å²) in [4.78, 5) is 29.0. The number of H-pyrrole nitrogens is 1. The van der Waals surface area contributed by atoms with Gasteiger partial charge in [-0.05, 0) is 55.3 Å². The van der Waals surface area contributed by atoms with Crippen LogP contribution < -0.4 is 9.80 Å². The van der Waals surface area contributed by atoms with Crippen LogP contribution in [-0.4, -0.2) is 39.1 Å². The molecule has 2 saturated heterocycles. The molecule has 1 amide bonds. The summed E-state index contributed by atoms with van der Waals surface area (Å²) in [5.74, 6) is -1.01. The molecular formula is C26H21F4N5O2. The van der Waals surface area contributed by atoms with Crippen LogP contribution in [0.25, 0.3) is 11.0 Å². The van der Waals surface area contributed by atoms with Gasteiger partial charge in [0.25, 0.3) is 0 Å². The normalized spacial score (nSPS) is 19.5. The number of anilines is 2. The number of amides is 1. The van der Waals surface area contributed by atoms with Crippen molar-refractivity contribution in [1.82, 2.24) is 15.0 Å². The summed E-state index contributed by atoms with van der Waals surface area (Å²) in [5, 5.41) is 9.89. The second kappa shape index (κ2) is 8.19. The SMILES string of the molecule is O=C1N(c2ccc(F)c(O)c2)C(c2ccccn2)C12CCN(c1nc3ccc(C(F)(F)F)cc3[nH]1)CC2. The molecule has 190 valence electrons. The Bertz CT molecular complexity index is 1500. The van der Waals surface area contributed by atoms with Gasteiger partial charge >= 0.3 is 6.18 Å². The largest absolute Gasteiger partial charge is 0.505 e. The van der Waals surface area contributed by atoms with E-state index in [1.165, 1.54) is 23.1 Å². The minimum absolute atomic E-state index is 0.145. The molecule has 11 heteroatoms. The Balaban J connectivity index is 1.28. The minimum atomic E-state index is -4.45. The number of fused-ring (bicyclic) bond motifs is 1. The molecular weight excluding hydrogens is 490 g/mol. The summed E-state index contributed by atoms with van der Waals surface area (Å²) in [6, 6.07) is 12.2. The maximum absolute atomic E-state index is 13.7. The lowest BCUT2D eigenvalue weighted by Crippen LogP contribution is -2.67. The zero-order chi connectivity index (χ0) is 25.9. The van der Waals surface area contributed by atoms with Crippen molar-refractivity contribution in [3.8, 4) is 5.75 Å². The average Bonchev–Trinajstić information content (AvgIpc) is 3.32. The quantitative estimate of drug-likeness (QED) is 0.292. The average molecular weight is 511 g/mol. The molecule has 1 atom stereocenters. The van der Waals surface area contributed by atoms with Gasteiger partial charge in [0, 0.05) is 31.0 Å². The van der Waals surface area contributed by atoms with Crippen molar-refractivity contribution in [2.75, 3.05) is 22.9 Å². The Kier molecular flexibility index (Phi) is 5.15. The van der Waals surface area contributed by atoms with Gasteiger partial charge < -0.3 is 19.9 Å². The van der Waals surface area contributed by atoms with Crippen molar-refractivity contribution in [3.05, 3.63) is 77.9 Å². The standard InChI is InChI=1S/C26H21F4N5O2/c27-17-6-5-16(14-21(17)36)35-22(19-3-1-2-10-31-19)25(23(35)37)8-11-34(12-9-25)24-32-18-7-4-15(26(28,29)30)13-20(18)33-24/h1-7,10,13-14,22,36H,8-9,11-12H2,(H,32,33). The molecule has 4 heterocycles. The fourth-order valence-electron chi connectivity index (χ4n) is 5.45. The van der Waals surface area contributed by atoms with Crippen LogP contribution in [0.15, 0.2) is 60.8 Å². The van der Waals surface area contributed by atoms with Crippen molar-refractivity contribution in [3.63, 3.8) is 0 Å². The van der Waals surface area contributed by atoms with E-state index in [-0.39, 0.29) is 5.91 Å². The van der Waals surface area contributed by atoms with Crippen molar-refractivity contribution >= 4 is 28.6 Å². The number of benzene rings is 2. The molecule has 0 bridgehead atoms. The second-order valence-corrected chi connectivity index (χ2v) is 9.40. The topological polar surface area (TPSA) is 85.3 Å². The number of aromatic hydroxyl groups is 1. The fourth-order valence-corrected chi connectivity index (χ4v) is 5.45. The zero-order valence-corrected chi connectivity index (χ0v) is 19.3. The molecule has 2 aliphatic rings. The van der Waals surface area contributed by atoms with E-state index in [1.807, 2.05) is 17.0 Å². The number of phenols is 1. The fraction of sp³-hybridized carbons (Fsp3) is 0.269. The molecule has 7 nitrogen and oxygen atoms in total. The molecule has 2 aliphatic heterocycles. The molecule has 0 radical (unpaired) electrons. The molecule has 0 saturated carbocycles. The number of rotatable bonds is 3. The number of aromatic nitrogens is 3. The number of hydrogen-bond acceptors (Lipinski definition) is 5. The van der Waals surface area contributed by atoms with E-state index in [4.69, 9.17) is 0 Å². The third-order valence-corrected chi connectivity index (χ3v) is 7.35. The number of aromatic amines is 1. The summed E-state index contributed by atoms with van der Waals surface area (Å²) in [7, 11) is 0. The van der Waals surface area contributed by atoms with Crippen molar-refractivity contribution in [2.45, 2.75) is 25.1 Å². The number of hydrogen-bond donors (Lipinski definition) is 2. The third-order valence-electron chi connectivity index (χ3n) is 7.35. The van der Waals surface area contributed by atoms with Gasteiger partial charge in [0.05, 0.1) is 33.7 Å². The number of phenolic OH excluding ortho intramolecular Hbond substituents is 1. The van der Waals surface area contributed by atoms with E-state index in [2.05, 4.69) is 15.0 Å². The van der Waals surface area contributed by atoms with Crippen LogP contribution in [0, 0.1) is 11.2 Å².